The Morgan fingerprint density at radius 1 is 0.970 bits per heavy atom. The van der Waals surface area contributed by atoms with Gasteiger partial charge in [-0.2, -0.15) is 5.10 Å². The van der Waals surface area contributed by atoms with E-state index in [1.165, 1.54) is 0 Å². The third-order valence-corrected chi connectivity index (χ3v) is 5.31. The number of rotatable bonds is 7. The molecule has 0 saturated carbocycles. The van der Waals surface area contributed by atoms with E-state index in [2.05, 4.69) is 10.4 Å². The quantitative estimate of drug-likeness (QED) is 0.408. The van der Waals surface area contributed by atoms with E-state index in [4.69, 9.17) is 10.6 Å². The van der Waals surface area contributed by atoms with Gasteiger partial charge in [-0.1, -0.05) is 66.2 Å². The summed E-state index contributed by atoms with van der Waals surface area (Å²) in [5.41, 5.74) is 11.9. The summed E-state index contributed by atoms with van der Waals surface area (Å²) in [6.07, 6.45) is 2.00. The van der Waals surface area contributed by atoms with Crippen LogP contribution in [-0.2, 0) is 11.2 Å². The highest BCUT2D eigenvalue weighted by molar-refractivity contribution is 5.97. The molecule has 0 radical (unpaired) electrons. The standard InChI is InChI=1S/C26H23N5O2/c1-18-12-14-20(15-13-18)25(32)28-23(26(33)29-27)16-21-17-31(22-10-6-3-7-11-22)30-24(21)19-8-4-2-5-9-19/h2-15,17,23,27H,16H2,1H3,(H,28,32). The molecule has 7 nitrogen and oxygen atoms in total. The summed E-state index contributed by atoms with van der Waals surface area (Å²) in [7, 11) is 0. The monoisotopic (exact) mass is 437 g/mol. The van der Waals surface area contributed by atoms with Crippen molar-refractivity contribution in [2.75, 3.05) is 0 Å². The zero-order chi connectivity index (χ0) is 23.2. The van der Waals surface area contributed by atoms with Crippen molar-refractivity contribution in [3.05, 3.63) is 108 Å². The number of benzene rings is 3. The molecule has 0 aliphatic rings. The summed E-state index contributed by atoms with van der Waals surface area (Å²) in [5.74, 6) is -1.12. The Morgan fingerprint density at radius 3 is 2.24 bits per heavy atom. The second-order valence-corrected chi connectivity index (χ2v) is 7.70. The Kier molecular flexibility index (Phi) is 6.50. The second-order valence-electron chi connectivity index (χ2n) is 7.70. The van der Waals surface area contributed by atoms with Gasteiger partial charge >= 0.3 is 0 Å². The van der Waals surface area contributed by atoms with Gasteiger partial charge in [0.2, 0.25) is 0 Å². The van der Waals surface area contributed by atoms with E-state index in [-0.39, 0.29) is 6.42 Å². The molecule has 0 bridgehead atoms. The maximum Gasteiger partial charge on any atom is 0.286 e. The SMILES string of the molecule is Cc1ccc(C(=O)NC(Cc2cn(-c3ccccc3)nc2-c2ccccc2)C(=O)N=N)cc1. The van der Waals surface area contributed by atoms with E-state index >= 15 is 0 Å². The minimum absolute atomic E-state index is 0.149. The number of carbonyl (C=O) groups excluding carboxylic acids is 2. The molecule has 1 atom stereocenters. The number of amides is 2. The smallest absolute Gasteiger partial charge is 0.286 e. The average molecular weight is 438 g/mol. The molecule has 7 heteroatoms. The van der Waals surface area contributed by atoms with E-state index in [9.17, 15) is 9.59 Å². The fourth-order valence-corrected chi connectivity index (χ4v) is 3.56. The summed E-state index contributed by atoms with van der Waals surface area (Å²) >= 11 is 0. The predicted octanol–water partition coefficient (Wildman–Crippen LogP) is 4.75. The van der Waals surface area contributed by atoms with Gasteiger partial charge in [-0.25, -0.2) is 10.2 Å². The van der Waals surface area contributed by atoms with Crippen molar-refractivity contribution in [2.24, 2.45) is 5.11 Å². The van der Waals surface area contributed by atoms with Gasteiger partial charge in [0.05, 0.1) is 11.4 Å². The first-order valence-corrected chi connectivity index (χ1v) is 10.5. The van der Waals surface area contributed by atoms with Crippen LogP contribution in [0.15, 0.2) is 96.2 Å². The van der Waals surface area contributed by atoms with Crippen LogP contribution < -0.4 is 5.32 Å². The number of nitrogens with zero attached hydrogens (tertiary/aromatic N) is 3. The summed E-state index contributed by atoms with van der Waals surface area (Å²) in [6.45, 7) is 1.93. The maximum atomic E-state index is 12.8. The highest BCUT2D eigenvalue weighted by Crippen LogP contribution is 2.25. The van der Waals surface area contributed by atoms with Crippen LogP contribution in [0.1, 0.15) is 21.5 Å². The summed E-state index contributed by atoms with van der Waals surface area (Å²) < 4.78 is 1.75. The summed E-state index contributed by atoms with van der Waals surface area (Å²) in [4.78, 5) is 25.2. The number of carbonyl (C=O) groups is 2. The minimum Gasteiger partial charge on any atom is -0.340 e. The molecular formula is C26H23N5O2. The maximum absolute atomic E-state index is 12.8. The Hall–Kier alpha value is -4.39. The molecule has 2 amide bonds. The fraction of sp³-hybridized carbons (Fsp3) is 0.115. The van der Waals surface area contributed by atoms with Gasteiger partial charge in [0.1, 0.15) is 6.04 Å². The van der Waals surface area contributed by atoms with Crippen LogP contribution in [0.5, 0.6) is 0 Å². The van der Waals surface area contributed by atoms with Crippen molar-refractivity contribution < 1.29 is 9.59 Å². The van der Waals surface area contributed by atoms with Crippen molar-refractivity contribution in [1.82, 2.24) is 15.1 Å². The third kappa shape index (κ3) is 5.10. The van der Waals surface area contributed by atoms with Crippen LogP contribution in [0.25, 0.3) is 16.9 Å². The van der Waals surface area contributed by atoms with Crippen LogP contribution in [-0.4, -0.2) is 27.6 Å². The largest absolute Gasteiger partial charge is 0.340 e. The number of aromatic nitrogens is 2. The average Bonchev–Trinajstić information content (AvgIpc) is 3.28. The number of hydrogen-bond donors (Lipinski definition) is 2. The van der Waals surface area contributed by atoms with E-state index < -0.39 is 17.9 Å². The summed E-state index contributed by atoms with van der Waals surface area (Å²) in [6, 6.07) is 25.4. The van der Waals surface area contributed by atoms with Crippen LogP contribution in [0, 0.1) is 12.5 Å². The van der Waals surface area contributed by atoms with Gasteiger partial charge < -0.3 is 5.32 Å². The number of para-hydroxylation sites is 1. The van der Waals surface area contributed by atoms with Crippen molar-refractivity contribution >= 4 is 11.8 Å². The third-order valence-electron chi connectivity index (χ3n) is 5.31. The van der Waals surface area contributed by atoms with Crippen molar-refractivity contribution in [1.29, 1.82) is 5.53 Å². The summed E-state index contributed by atoms with van der Waals surface area (Å²) in [5, 5.41) is 10.6. The molecular weight excluding hydrogens is 414 g/mol. The molecule has 0 spiro atoms. The number of aryl methyl sites for hydroxylation is 1. The predicted molar refractivity (Wildman–Crippen MR) is 125 cm³/mol. The first kappa shape index (κ1) is 21.8. The normalized spacial score (nSPS) is 11.5. The van der Waals surface area contributed by atoms with E-state index in [1.54, 1.807) is 16.8 Å². The molecule has 33 heavy (non-hydrogen) atoms. The lowest BCUT2D eigenvalue weighted by Gasteiger charge is -2.15. The molecule has 1 heterocycles. The molecule has 1 aromatic heterocycles. The van der Waals surface area contributed by atoms with Crippen LogP contribution in [0.2, 0.25) is 0 Å². The zero-order valence-corrected chi connectivity index (χ0v) is 18.1. The molecule has 2 N–H and O–H groups in total. The first-order chi connectivity index (χ1) is 16.0. The Bertz CT molecular complexity index is 1270. The van der Waals surface area contributed by atoms with Crippen molar-refractivity contribution in [2.45, 2.75) is 19.4 Å². The molecule has 0 aliphatic carbocycles. The molecule has 0 saturated heterocycles. The lowest BCUT2D eigenvalue weighted by Crippen LogP contribution is -2.41. The molecule has 0 aliphatic heterocycles. The Morgan fingerprint density at radius 2 is 1.61 bits per heavy atom. The topological polar surface area (TPSA) is 100 Å². The van der Waals surface area contributed by atoms with E-state index in [0.717, 1.165) is 22.4 Å². The lowest BCUT2D eigenvalue weighted by molar-refractivity contribution is -0.120. The Balaban J connectivity index is 1.68. The van der Waals surface area contributed by atoms with E-state index in [1.807, 2.05) is 85.9 Å². The second kappa shape index (κ2) is 9.82. The molecule has 0 fully saturated rings. The van der Waals surface area contributed by atoms with Gasteiger partial charge in [-0.3, -0.25) is 9.59 Å². The zero-order valence-electron chi connectivity index (χ0n) is 18.1. The first-order valence-electron chi connectivity index (χ1n) is 10.5. The van der Waals surface area contributed by atoms with Gasteiger partial charge in [0, 0.05) is 29.3 Å². The van der Waals surface area contributed by atoms with Crippen molar-refractivity contribution in [3.8, 4) is 16.9 Å². The van der Waals surface area contributed by atoms with Crippen LogP contribution in [0.4, 0.5) is 0 Å². The highest BCUT2D eigenvalue weighted by Gasteiger charge is 2.25. The van der Waals surface area contributed by atoms with Crippen LogP contribution >= 0.6 is 0 Å². The molecule has 4 rings (SSSR count). The number of hydrogen-bond acceptors (Lipinski definition) is 4. The lowest BCUT2D eigenvalue weighted by atomic mass is 10.0. The molecule has 164 valence electrons. The molecule has 3 aromatic carbocycles. The number of nitrogens with one attached hydrogen (secondary N) is 2. The molecule has 1 unspecified atom stereocenters. The van der Waals surface area contributed by atoms with Gasteiger partial charge in [0.15, 0.2) is 0 Å². The fourth-order valence-electron chi connectivity index (χ4n) is 3.56. The van der Waals surface area contributed by atoms with Gasteiger partial charge in [0.25, 0.3) is 11.8 Å². The van der Waals surface area contributed by atoms with Crippen LogP contribution in [0.3, 0.4) is 0 Å². The van der Waals surface area contributed by atoms with Gasteiger partial charge in [-0.05, 0) is 31.2 Å². The Labute approximate surface area is 191 Å². The van der Waals surface area contributed by atoms with Gasteiger partial charge in [-0.15, -0.1) is 5.11 Å². The molecule has 4 aromatic rings. The highest BCUT2D eigenvalue weighted by atomic mass is 16.2. The van der Waals surface area contributed by atoms with E-state index in [0.29, 0.717) is 11.3 Å². The minimum atomic E-state index is -0.993. The van der Waals surface area contributed by atoms with Crippen molar-refractivity contribution in [3.63, 3.8) is 0 Å².